The standard InChI is InChI=1S/C24H28N4O2S/c1-15(2)16-8-12-19(13-9-16)25-20(29)14-31-23-26-22(30)21(27-28-23)17-6-10-18(11-7-17)24(3,4)5/h6-13,15H,14H2,1-5H3,(H,25,29)(H,26,28,30). The van der Waals surface area contributed by atoms with E-state index in [4.69, 9.17) is 0 Å². The van der Waals surface area contributed by atoms with E-state index < -0.39 is 0 Å². The van der Waals surface area contributed by atoms with Crippen LogP contribution in [0.4, 0.5) is 5.69 Å². The summed E-state index contributed by atoms with van der Waals surface area (Å²) in [6, 6.07) is 15.5. The lowest BCUT2D eigenvalue weighted by atomic mass is 9.86. The number of hydrogen-bond donors (Lipinski definition) is 2. The van der Waals surface area contributed by atoms with Crippen LogP contribution in [-0.2, 0) is 10.2 Å². The minimum absolute atomic E-state index is 0.0359. The third-order valence-electron chi connectivity index (χ3n) is 4.90. The zero-order valence-corrected chi connectivity index (χ0v) is 19.3. The van der Waals surface area contributed by atoms with Gasteiger partial charge in [-0.2, -0.15) is 0 Å². The van der Waals surface area contributed by atoms with Crippen molar-refractivity contribution in [1.29, 1.82) is 0 Å². The van der Waals surface area contributed by atoms with Crippen molar-refractivity contribution in [2.24, 2.45) is 0 Å². The first kappa shape index (κ1) is 22.7. The van der Waals surface area contributed by atoms with E-state index in [1.165, 1.54) is 11.1 Å². The zero-order chi connectivity index (χ0) is 22.6. The number of benzene rings is 2. The van der Waals surface area contributed by atoms with Crippen molar-refractivity contribution in [2.75, 3.05) is 11.1 Å². The first-order valence-electron chi connectivity index (χ1n) is 10.2. The third-order valence-corrected chi connectivity index (χ3v) is 5.77. The highest BCUT2D eigenvalue weighted by Gasteiger charge is 2.15. The van der Waals surface area contributed by atoms with Crippen LogP contribution in [0.5, 0.6) is 0 Å². The van der Waals surface area contributed by atoms with Crippen LogP contribution in [0.1, 0.15) is 51.7 Å². The molecule has 1 aromatic heterocycles. The maximum Gasteiger partial charge on any atom is 0.278 e. The number of anilines is 1. The van der Waals surface area contributed by atoms with Gasteiger partial charge in [0.05, 0.1) is 5.75 Å². The molecule has 0 spiro atoms. The van der Waals surface area contributed by atoms with Crippen molar-refractivity contribution in [3.05, 3.63) is 70.0 Å². The molecule has 31 heavy (non-hydrogen) atoms. The Balaban J connectivity index is 1.61. The van der Waals surface area contributed by atoms with E-state index in [1.807, 2.05) is 48.5 Å². The molecule has 1 heterocycles. The maximum absolute atomic E-state index is 12.5. The fourth-order valence-electron chi connectivity index (χ4n) is 2.99. The number of amides is 1. The summed E-state index contributed by atoms with van der Waals surface area (Å²) in [4.78, 5) is 27.4. The predicted octanol–water partition coefficient (Wildman–Crippen LogP) is 4.98. The van der Waals surface area contributed by atoms with Crippen molar-refractivity contribution < 1.29 is 4.79 Å². The highest BCUT2D eigenvalue weighted by atomic mass is 32.2. The second kappa shape index (κ2) is 9.47. The van der Waals surface area contributed by atoms with Gasteiger partial charge in [-0.25, -0.2) is 0 Å². The van der Waals surface area contributed by atoms with Gasteiger partial charge < -0.3 is 5.32 Å². The number of aromatic amines is 1. The number of H-pyrrole nitrogens is 1. The Labute approximate surface area is 186 Å². The number of nitrogens with zero attached hydrogens (tertiary/aromatic N) is 2. The van der Waals surface area contributed by atoms with Crippen molar-refractivity contribution >= 4 is 23.4 Å². The van der Waals surface area contributed by atoms with Gasteiger partial charge in [0, 0.05) is 11.3 Å². The summed E-state index contributed by atoms with van der Waals surface area (Å²) < 4.78 is 0. The average Bonchev–Trinajstić information content (AvgIpc) is 2.72. The van der Waals surface area contributed by atoms with Crippen LogP contribution < -0.4 is 10.9 Å². The first-order valence-corrected chi connectivity index (χ1v) is 11.2. The summed E-state index contributed by atoms with van der Waals surface area (Å²) in [7, 11) is 0. The number of nitrogens with one attached hydrogen (secondary N) is 2. The molecule has 0 saturated heterocycles. The fraction of sp³-hybridized carbons (Fsp3) is 0.333. The minimum atomic E-state index is -0.328. The molecule has 0 aliphatic heterocycles. The SMILES string of the molecule is CC(C)c1ccc(NC(=O)CSc2nnc(-c3ccc(C(C)(C)C)cc3)c(=O)[nH]2)cc1. The van der Waals surface area contributed by atoms with Gasteiger partial charge in [-0.05, 0) is 34.6 Å². The van der Waals surface area contributed by atoms with E-state index in [0.717, 1.165) is 17.4 Å². The Kier molecular flexibility index (Phi) is 6.95. The molecule has 0 bridgehead atoms. The van der Waals surface area contributed by atoms with Crippen LogP contribution in [0.3, 0.4) is 0 Å². The van der Waals surface area contributed by atoms with Crippen molar-refractivity contribution in [3.8, 4) is 11.3 Å². The number of rotatable bonds is 6. The van der Waals surface area contributed by atoms with Gasteiger partial charge in [0.15, 0.2) is 10.9 Å². The highest BCUT2D eigenvalue weighted by Crippen LogP contribution is 2.24. The fourth-order valence-corrected chi connectivity index (χ4v) is 3.59. The van der Waals surface area contributed by atoms with Crippen LogP contribution >= 0.6 is 11.8 Å². The molecule has 6 nitrogen and oxygen atoms in total. The van der Waals surface area contributed by atoms with Crippen molar-refractivity contribution in [2.45, 2.75) is 51.1 Å². The van der Waals surface area contributed by atoms with Crippen LogP contribution in [0.15, 0.2) is 58.5 Å². The van der Waals surface area contributed by atoms with E-state index >= 15 is 0 Å². The summed E-state index contributed by atoms with van der Waals surface area (Å²) in [6.45, 7) is 10.7. The van der Waals surface area contributed by atoms with Gasteiger partial charge in [0.2, 0.25) is 5.91 Å². The molecule has 162 valence electrons. The average molecular weight is 437 g/mol. The van der Waals surface area contributed by atoms with Gasteiger partial charge in [0.1, 0.15) is 0 Å². The van der Waals surface area contributed by atoms with E-state index in [2.05, 4.69) is 55.1 Å². The molecule has 0 radical (unpaired) electrons. The molecule has 0 fully saturated rings. The van der Waals surface area contributed by atoms with E-state index in [0.29, 0.717) is 16.6 Å². The summed E-state index contributed by atoms with van der Waals surface area (Å²) in [5.41, 5.74) is 3.81. The lowest BCUT2D eigenvalue weighted by molar-refractivity contribution is -0.113. The molecule has 3 rings (SSSR count). The van der Waals surface area contributed by atoms with E-state index in [-0.39, 0.29) is 28.3 Å². The van der Waals surface area contributed by atoms with Crippen LogP contribution in [-0.4, -0.2) is 26.8 Å². The Morgan fingerprint density at radius 2 is 1.68 bits per heavy atom. The lowest BCUT2D eigenvalue weighted by Gasteiger charge is -2.18. The first-order chi connectivity index (χ1) is 14.6. The number of thioether (sulfide) groups is 1. The minimum Gasteiger partial charge on any atom is -0.325 e. The van der Waals surface area contributed by atoms with Gasteiger partial charge in [-0.3, -0.25) is 14.6 Å². The molecule has 2 aromatic carbocycles. The topological polar surface area (TPSA) is 87.7 Å². The largest absolute Gasteiger partial charge is 0.325 e. The number of aromatic nitrogens is 3. The molecule has 0 atom stereocenters. The predicted molar refractivity (Wildman–Crippen MR) is 127 cm³/mol. The van der Waals surface area contributed by atoms with Crippen molar-refractivity contribution in [1.82, 2.24) is 15.2 Å². The van der Waals surface area contributed by atoms with Gasteiger partial charge in [-0.1, -0.05) is 82.8 Å². The van der Waals surface area contributed by atoms with Crippen molar-refractivity contribution in [3.63, 3.8) is 0 Å². The smallest absolute Gasteiger partial charge is 0.278 e. The Morgan fingerprint density at radius 3 is 2.23 bits per heavy atom. The Bertz CT molecular complexity index is 1100. The second-order valence-corrected chi connectivity index (χ2v) is 9.71. The Hall–Kier alpha value is -2.93. The molecular formula is C24H28N4O2S. The van der Waals surface area contributed by atoms with Crippen LogP contribution in [0.25, 0.3) is 11.3 Å². The Morgan fingerprint density at radius 1 is 1.03 bits per heavy atom. The quantitative estimate of drug-likeness (QED) is 0.532. The molecule has 1 amide bonds. The third kappa shape index (κ3) is 6.04. The van der Waals surface area contributed by atoms with E-state index in [9.17, 15) is 9.59 Å². The number of hydrogen-bond acceptors (Lipinski definition) is 5. The summed E-state index contributed by atoms with van der Waals surface area (Å²) >= 11 is 1.14. The molecular weight excluding hydrogens is 408 g/mol. The lowest BCUT2D eigenvalue weighted by Crippen LogP contribution is -2.17. The van der Waals surface area contributed by atoms with Gasteiger partial charge in [0.25, 0.3) is 5.56 Å². The van der Waals surface area contributed by atoms with Crippen LogP contribution in [0.2, 0.25) is 0 Å². The molecule has 7 heteroatoms. The maximum atomic E-state index is 12.5. The zero-order valence-electron chi connectivity index (χ0n) is 18.5. The second-order valence-electron chi connectivity index (χ2n) is 8.75. The molecule has 0 aliphatic rings. The molecule has 0 aliphatic carbocycles. The highest BCUT2D eigenvalue weighted by molar-refractivity contribution is 7.99. The van der Waals surface area contributed by atoms with Gasteiger partial charge >= 0.3 is 0 Å². The van der Waals surface area contributed by atoms with E-state index in [1.54, 1.807) is 0 Å². The molecule has 0 unspecified atom stereocenters. The molecule has 3 aromatic rings. The summed E-state index contributed by atoms with van der Waals surface area (Å²) in [6.07, 6.45) is 0. The van der Waals surface area contributed by atoms with Crippen LogP contribution in [0, 0.1) is 0 Å². The number of carbonyl (C=O) groups is 1. The molecule has 0 saturated carbocycles. The number of carbonyl (C=O) groups excluding carboxylic acids is 1. The summed E-state index contributed by atoms with van der Waals surface area (Å²) in [5.74, 6) is 0.387. The molecule has 2 N–H and O–H groups in total. The normalized spacial score (nSPS) is 11.5. The monoisotopic (exact) mass is 436 g/mol. The summed E-state index contributed by atoms with van der Waals surface area (Å²) in [5, 5.41) is 11.3. The van der Waals surface area contributed by atoms with Gasteiger partial charge in [-0.15, -0.1) is 10.2 Å².